The van der Waals surface area contributed by atoms with Crippen molar-refractivity contribution >= 4 is 60.3 Å². The molecule has 0 unspecified atom stereocenters. The van der Waals surface area contributed by atoms with Crippen molar-refractivity contribution in [1.82, 2.24) is 14.3 Å². The highest BCUT2D eigenvalue weighted by atomic mass is 35.5. The summed E-state index contributed by atoms with van der Waals surface area (Å²) in [5, 5.41) is 3.01. The molecule has 1 fully saturated rings. The summed E-state index contributed by atoms with van der Waals surface area (Å²) in [6, 6.07) is 5.18. The number of fused-ring (bicyclic) bond motifs is 1. The summed E-state index contributed by atoms with van der Waals surface area (Å²) in [6.45, 7) is 2.04. The summed E-state index contributed by atoms with van der Waals surface area (Å²) < 4.78 is 27.6. The van der Waals surface area contributed by atoms with Crippen molar-refractivity contribution in [1.29, 1.82) is 0 Å². The van der Waals surface area contributed by atoms with Crippen molar-refractivity contribution in [3.8, 4) is 0 Å². The minimum absolute atomic E-state index is 0.295. The van der Waals surface area contributed by atoms with Gasteiger partial charge in [0.05, 0.1) is 9.72 Å². The van der Waals surface area contributed by atoms with Gasteiger partial charge in [-0.25, -0.2) is 18.4 Å². The molecule has 4 heterocycles. The van der Waals surface area contributed by atoms with Gasteiger partial charge in [-0.1, -0.05) is 11.6 Å². The highest BCUT2D eigenvalue weighted by molar-refractivity contribution is 7.91. The monoisotopic (exact) mass is 400 g/mol. The van der Waals surface area contributed by atoms with Crippen molar-refractivity contribution in [3.05, 3.63) is 34.2 Å². The number of sulfonamides is 1. The standard InChI is InChI=1S/C14H13ClN4O2S3/c15-11-1-2-12(23-11)24(20,21)19-6-4-18(5-7-19)13-10-3-8-22-14(10)17-9-16-13/h1-3,8-9H,4-7H2. The average molecular weight is 401 g/mol. The molecule has 0 radical (unpaired) electrons. The molecule has 1 aliphatic rings. The van der Waals surface area contributed by atoms with Gasteiger partial charge in [0, 0.05) is 26.2 Å². The predicted molar refractivity (Wildman–Crippen MR) is 97.7 cm³/mol. The van der Waals surface area contributed by atoms with Crippen molar-refractivity contribution < 1.29 is 8.42 Å². The molecule has 24 heavy (non-hydrogen) atoms. The Labute approximate surface area is 152 Å². The lowest BCUT2D eigenvalue weighted by molar-refractivity contribution is 0.385. The van der Waals surface area contributed by atoms with Crippen LogP contribution >= 0.6 is 34.3 Å². The van der Waals surface area contributed by atoms with Crippen LogP contribution in [0.5, 0.6) is 0 Å². The van der Waals surface area contributed by atoms with Gasteiger partial charge >= 0.3 is 0 Å². The molecule has 10 heteroatoms. The molecule has 0 N–H and O–H groups in total. The topological polar surface area (TPSA) is 66.4 Å². The Morgan fingerprint density at radius 1 is 1.08 bits per heavy atom. The number of halogens is 1. The number of rotatable bonds is 3. The highest BCUT2D eigenvalue weighted by Crippen LogP contribution is 2.30. The number of hydrogen-bond acceptors (Lipinski definition) is 7. The van der Waals surface area contributed by atoms with Crippen LogP contribution in [0.15, 0.2) is 34.1 Å². The molecule has 4 rings (SSSR count). The third-order valence-electron chi connectivity index (χ3n) is 3.92. The van der Waals surface area contributed by atoms with Gasteiger partial charge in [0.2, 0.25) is 0 Å². The van der Waals surface area contributed by atoms with Gasteiger partial charge in [0.25, 0.3) is 10.0 Å². The van der Waals surface area contributed by atoms with E-state index >= 15 is 0 Å². The summed E-state index contributed by atoms with van der Waals surface area (Å²) in [4.78, 5) is 11.7. The first kappa shape index (κ1) is 16.2. The van der Waals surface area contributed by atoms with Crippen LogP contribution in [0.4, 0.5) is 5.82 Å². The molecule has 6 nitrogen and oxygen atoms in total. The number of anilines is 1. The normalized spacial score (nSPS) is 16.8. The highest BCUT2D eigenvalue weighted by Gasteiger charge is 2.30. The van der Waals surface area contributed by atoms with E-state index in [-0.39, 0.29) is 0 Å². The van der Waals surface area contributed by atoms with E-state index in [1.807, 2.05) is 11.4 Å². The number of hydrogen-bond donors (Lipinski definition) is 0. The molecule has 0 atom stereocenters. The summed E-state index contributed by atoms with van der Waals surface area (Å²) in [5.74, 6) is 0.873. The maximum atomic E-state index is 12.7. The average Bonchev–Trinajstić information content (AvgIpc) is 3.23. The van der Waals surface area contributed by atoms with Gasteiger partial charge in [0.15, 0.2) is 0 Å². The summed E-state index contributed by atoms with van der Waals surface area (Å²) >= 11 is 8.53. The van der Waals surface area contributed by atoms with Crippen LogP contribution in [0.3, 0.4) is 0 Å². The minimum Gasteiger partial charge on any atom is -0.353 e. The summed E-state index contributed by atoms with van der Waals surface area (Å²) in [5.41, 5.74) is 0. The molecule has 0 saturated carbocycles. The Morgan fingerprint density at radius 2 is 1.88 bits per heavy atom. The van der Waals surface area contributed by atoms with E-state index in [1.165, 1.54) is 4.31 Å². The SMILES string of the molecule is O=S(=O)(c1ccc(Cl)s1)N1CCN(c2ncnc3sccc23)CC1. The fourth-order valence-corrected chi connectivity index (χ4v) is 6.52. The molecule has 0 bridgehead atoms. The predicted octanol–water partition coefficient (Wildman–Crippen LogP) is 2.92. The Bertz CT molecular complexity index is 977. The van der Waals surface area contributed by atoms with Crippen molar-refractivity contribution in [2.75, 3.05) is 31.1 Å². The molecule has 1 aliphatic heterocycles. The van der Waals surface area contributed by atoms with E-state index in [4.69, 9.17) is 11.6 Å². The van der Waals surface area contributed by atoms with E-state index in [1.54, 1.807) is 29.8 Å². The Balaban J connectivity index is 1.54. The first-order valence-corrected chi connectivity index (χ1v) is 10.8. The number of thiophene rings is 2. The van der Waals surface area contributed by atoms with E-state index < -0.39 is 10.0 Å². The largest absolute Gasteiger partial charge is 0.353 e. The zero-order chi connectivity index (χ0) is 16.7. The molecule has 126 valence electrons. The van der Waals surface area contributed by atoms with Crippen LogP contribution in [0.1, 0.15) is 0 Å². The first-order valence-electron chi connectivity index (χ1n) is 7.24. The van der Waals surface area contributed by atoms with E-state index in [2.05, 4.69) is 14.9 Å². The number of aromatic nitrogens is 2. The van der Waals surface area contributed by atoms with Gasteiger partial charge in [-0.3, -0.25) is 0 Å². The molecule has 0 amide bonds. The second-order valence-electron chi connectivity index (χ2n) is 5.29. The van der Waals surface area contributed by atoms with E-state index in [0.717, 1.165) is 27.4 Å². The molecular weight excluding hydrogens is 388 g/mol. The second-order valence-corrected chi connectivity index (χ2v) is 10.1. The van der Waals surface area contributed by atoms with Crippen LogP contribution in [0, 0.1) is 0 Å². The van der Waals surface area contributed by atoms with Crippen LogP contribution < -0.4 is 4.90 Å². The third kappa shape index (κ3) is 2.80. The van der Waals surface area contributed by atoms with Gasteiger partial charge in [-0.15, -0.1) is 22.7 Å². The number of piperazine rings is 1. The van der Waals surface area contributed by atoms with E-state index in [0.29, 0.717) is 34.7 Å². The zero-order valence-electron chi connectivity index (χ0n) is 12.4. The smallest absolute Gasteiger partial charge is 0.252 e. The molecule has 3 aromatic rings. The minimum atomic E-state index is -3.47. The zero-order valence-corrected chi connectivity index (χ0v) is 15.6. The van der Waals surface area contributed by atoms with E-state index in [9.17, 15) is 8.42 Å². The lowest BCUT2D eigenvalue weighted by atomic mass is 10.3. The van der Waals surface area contributed by atoms with Crippen molar-refractivity contribution in [3.63, 3.8) is 0 Å². The third-order valence-corrected chi connectivity index (χ3v) is 8.34. The fourth-order valence-electron chi connectivity index (χ4n) is 2.73. The summed E-state index contributed by atoms with van der Waals surface area (Å²) in [7, 11) is -3.47. The molecule has 0 spiro atoms. The maximum absolute atomic E-state index is 12.7. The lowest BCUT2D eigenvalue weighted by Crippen LogP contribution is -2.48. The van der Waals surface area contributed by atoms with Gasteiger partial charge in [-0.05, 0) is 23.6 Å². The molecule has 3 aromatic heterocycles. The number of nitrogens with zero attached hydrogens (tertiary/aromatic N) is 4. The maximum Gasteiger partial charge on any atom is 0.252 e. The molecule has 0 aromatic carbocycles. The van der Waals surface area contributed by atoms with Gasteiger partial charge < -0.3 is 4.90 Å². The van der Waals surface area contributed by atoms with Crippen LogP contribution in [-0.2, 0) is 10.0 Å². The Hall–Kier alpha value is -1.26. The van der Waals surface area contributed by atoms with Gasteiger partial charge in [-0.2, -0.15) is 4.31 Å². The van der Waals surface area contributed by atoms with Crippen LogP contribution in [-0.4, -0.2) is 48.9 Å². The van der Waals surface area contributed by atoms with Crippen LogP contribution in [0.25, 0.3) is 10.2 Å². The quantitative estimate of drug-likeness (QED) is 0.676. The Morgan fingerprint density at radius 3 is 2.58 bits per heavy atom. The van der Waals surface area contributed by atoms with Crippen molar-refractivity contribution in [2.45, 2.75) is 4.21 Å². The molecule has 0 aliphatic carbocycles. The molecule has 1 saturated heterocycles. The first-order chi connectivity index (χ1) is 11.6. The fraction of sp³-hybridized carbons (Fsp3) is 0.286. The van der Waals surface area contributed by atoms with Crippen LogP contribution in [0.2, 0.25) is 4.34 Å². The van der Waals surface area contributed by atoms with Crippen molar-refractivity contribution in [2.24, 2.45) is 0 Å². The van der Waals surface area contributed by atoms with Gasteiger partial charge in [0.1, 0.15) is 21.2 Å². The lowest BCUT2D eigenvalue weighted by Gasteiger charge is -2.34. The Kier molecular flexibility index (Phi) is 4.21. The molecular formula is C14H13ClN4O2S3. The second kappa shape index (κ2) is 6.23. The summed E-state index contributed by atoms with van der Waals surface area (Å²) in [6.07, 6.45) is 1.56.